The van der Waals surface area contributed by atoms with Crippen LogP contribution in [-0.2, 0) is 22.9 Å². The molecule has 0 bridgehead atoms. The van der Waals surface area contributed by atoms with Gasteiger partial charge in [-0.2, -0.15) is 0 Å². The molecular weight excluding hydrogens is 346 g/mol. The number of sulfonamides is 1. The summed E-state index contributed by atoms with van der Waals surface area (Å²) in [7, 11) is -2.04. The van der Waals surface area contributed by atoms with Gasteiger partial charge in [-0.1, -0.05) is 18.2 Å². The van der Waals surface area contributed by atoms with Crippen molar-refractivity contribution >= 4 is 10.0 Å². The molecule has 0 aromatic heterocycles. The van der Waals surface area contributed by atoms with Gasteiger partial charge in [-0.15, -0.1) is 0 Å². The van der Waals surface area contributed by atoms with Crippen molar-refractivity contribution in [2.45, 2.75) is 57.4 Å². The van der Waals surface area contributed by atoms with Crippen molar-refractivity contribution in [3.8, 4) is 5.75 Å². The Kier molecular flexibility index (Phi) is 5.39. The molecule has 4 nitrogen and oxygen atoms in total. The second kappa shape index (κ2) is 7.41. The zero-order valence-electron chi connectivity index (χ0n) is 15.9. The van der Waals surface area contributed by atoms with Crippen LogP contribution in [0.2, 0.25) is 0 Å². The van der Waals surface area contributed by atoms with Gasteiger partial charge >= 0.3 is 0 Å². The monoisotopic (exact) mass is 373 g/mol. The van der Waals surface area contributed by atoms with E-state index in [-0.39, 0.29) is 6.04 Å². The maximum Gasteiger partial charge on any atom is 0.241 e. The Bertz CT molecular complexity index is 896. The highest BCUT2D eigenvalue weighted by atomic mass is 32.2. The Balaban J connectivity index is 1.88. The summed E-state index contributed by atoms with van der Waals surface area (Å²) >= 11 is 0. The summed E-state index contributed by atoms with van der Waals surface area (Å²) in [6.07, 6.45) is 4.66. The van der Waals surface area contributed by atoms with E-state index in [0.717, 1.165) is 18.4 Å². The summed E-state index contributed by atoms with van der Waals surface area (Å²) in [4.78, 5) is 0.336. The average molecular weight is 374 g/mol. The molecule has 5 heteroatoms. The molecule has 0 aliphatic heterocycles. The minimum Gasteiger partial charge on any atom is -0.497 e. The SMILES string of the molecule is COc1cc(C)c(S(=O)(=O)N[C@H](C)c2ccc3c(c2)CCCC3)c(C)c1. The molecule has 0 spiro atoms. The van der Waals surface area contributed by atoms with Crippen molar-refractivity contribution < 1.29 is 13.2 Å². The van der Waals surface area contributed by atoms with Gasteiger partial charge in [0.15, 0.2) is 0 Å². The van der Waals surface area contributed by atoms with Gasteiger partial charge in [-0.3, -0.25) is 0 Å². The first-order valence-electron chi connectivity index (χ1n) is 9.11. The van der Waals surface area contributed by atoms with Gasteiger partial charge in [0.2, 0.25) is 10.0 Å². The molecule has 140 valence electrons. The Morgan fingerprint density at radius 1 is 1.00 bits per heavy atom. The van der Waals surface area contributed by atoms with Crippen LogP contribution >= 0.6 is 0 Å². The summed E-state index contributed by atoms with van der Waals surface area (Å²) in [5.41, 5.74) is 5.14. The maximum absolute atomic E-state index is 13.0. The van der Waals surface area contributed by atoms with E-state index < -0.39 is 10.0 Å². The number of benzene rings is 2. The smallest absolute Gasteiger partial charge is 0.241 e. The first-order valence-corrected chi connectivity index (χ1v) is 10.6. The molecule has 1 aliphatic rings. The summed E-state index contributed by atoms with van der Waals surface area (Å²) in [5.74, 6) is 0.668. The third-order valence-corrected chi connectivity index (χ3v) is 6.99. The summed E-state index contributed by atoms with van der Waals surface area (Å²) in [5, 5.41) is 0. The van der Waals surface area contributed by atoms with Crippen molar-refractivity contribution in [1.29, 1.82) is 0 Å². The molecule has 1 N–H and O–H groups in total. The molecule has 0 heterocycles. The number of ether oxygens (including phenoxy) is 1. The second-order valence-electron chi connectivity index (χ2n) is 7.17. The van der Waals surface area contributed by atoms with E-state index in [1.165, 1.54) is 24.0 Å². The normalized spacial score (nSPS) is 15.4. The summed E-state index contributed by atoms with van der Waals surface area (Å²) in [6, 6.07) is 9.59. The van der Waals surface area contributed by atoms with Gasteiger partial charge < -0.3 is 4.74 Å². The molecule has 1 atom stereocenters. The quantitative estimate of drug-likeness (QED) is 0.853. The molecule has 0 unspecified atom stereocenters. The maximum atomic E-state index is 13.0. The van der Waals surface area contributed by atoms with Crippen LogP contribution in [0.3, 0.4) is 0 Å². The third-order valence-electron chi connectivity index (χ3n) is 5.14. The molecular formula is C21H27NO3S. The number of nitrogens with one attached hydrogen (secondary N) is 1. The van der Waals surface area contributed by atoms with Crippen LogP contribution in [-0.4, -0.2) is 15.5 Å². The Labute approximate surface area is 156 Å². The molecule has 0 amide bonds. The van der Waals surface area contributed by atoms with Gasteiger partial charge in [0.05, 0.1) is 12.0 Å². The van der Waals surface area contributed by atoms with E-state index in [4.69, 9.17) is 4.74 Å². The largest absolute Gasteiger partial charge is 0.497 e. The number of fused-ring (bicyclic) bond motifs is 1. The van der Waals surface area contributed by atoms with Crippen LogP contribution in [0, 0.1) is 13.8 Å². The van der Waals surface area contributed by atoms with Crippen molar-refractivity contribution in [3.05, 3.63) is 58.1 Å². The lowest BCUT2D eigenvalue weighted by Gasteiger charge is -2.21. The first kappa shape index (κ1) is 18.9. The number of hydrogen-bond acceptors (Lipinski definition) is 3. The van der Waals surface area contributed by atoms with E-state index in [1.54, 1.807) is 33.1 Å². The molecule has 0 radical (unpaired) electrons. The van der Waals surface area contributed by atoms with E-state index >= 15 is 0 Å². The van der Waals surface area contributed by atoms with Gasteiger partial charge in [0.1, 0.15) is 5.75 Å². The van der Waals surface area contributed by atoms with Crippen molar-refractivity contribution in [1.82, 2.24) is 4.72 Å². The highest BCUT2D eigenvalue weighted by Gasteiger charge is 2.23. The predicted octanol–water partition coefficient (Wildman–Crippen LogP) is 4.23. The Morgan fingerprint density at radius 3 is 2.23 bits per heavy atom. The van der Waals surface area contributed by atoms with Crippen LogP contribution in [0.5, 0.6) is 5.75 Å². The van der Waals surface area contributed by atoms with Crippen molar-refractivity contribution in [2.75, 3.05) is 7.11 Å². The molecule has 2 aromatic carbocycles. The molecule has 3 rings (SSSR count). The number of methoxy groups -OCH3 is 1. The van der Waals surface area contributed by atoms with E-state index in [9.17, 15) is 8.42 Å². The topological polar surface area (TPSA) is 55.4 Å². The number of rotatable bonds is 5. The summed E-state index contributed by atoms with van der Waals surface area (Å²) in [6.45, 7) is 5.50. The van der Waals surface area contributed by atoms with Crippen molar-refractivity contribution in [3.63, 3.8) is 0 Å². The van der Waals surface area contributed by atoms with E-state index in [1.807, 2.05) is 13.0 Å². The molecule has 2 aromatic rings. The fraction of sp³-hybridized carbons (Fsp3) is 0.429. The minimum absolute atomic E-state index is 0.284. The Morgan fingerprint density at radius 2 is 1.62 bits per heavy atom. The molecule has 0 fully saturated rings. The van der Waals surface area contributed by atoms with Crippen LogP contribution in [0.1, 0.15) is 53.6 Å². The summed E-state index contributed by atoms with van der Waals surface area (Å²) < 4.78 is 34.1. The number of aryl methyl sites for hydroxylation is 4. The van der Waals surface area contributed by atoms with Crippen molar-refractivity contribution in [2.24, 2.45) is 0 Å². The lowest BCUT2D eigenvalue weighted by molar-refractivity contribution is 0.413. The number of hydrogen-bond donors (Lipinski definition) is 1. The van der Waals surface area contributed by atoms with Gasteiger partial charge in [-0.05, 0) is 86.4 Å². The van der Waals surface area contributed by atoms with Crippen LogP contribution in [0.4, 0.5) is 0 Å². The van der Waals surface area contributed by atoms with Gasteiger partial charge in [0, 0.05) is 6.04 Å². The van der Waals surface area contributed by atoms with Crippen LogP contribution in [0.25, 0.3) is 0 Å². The Hall–Kier alpha value is -1.85. The lowest BCUT2D eigenvalue weighted by atomic mass is 9.89. The zero-order chi connectivity index (χ0) is 18.9. The third kappa shape index (κ3) is 3.79. The fourth-order valence-corrected chi connectivity index (χ4v) is 5.52. The second-order valence-corrected chi connectivity index (χ2v) is 8.82. The molecule has 0 saturated heterocycles. The van der Waals surface area contributed by atoms with E-state index in [2.05, 4.69) is 16.9 Å². The highest BCUT2D eigenvalue weighted by Crippen LogP contribution is 2.28. The standard InChI is InChI=1S/C21H27NO3S/c1-14-11-20(25-4)12-15(2)21(14)26(23,24)22-16(3)18-10-9-17-7-5-6-8-19(17)13-18/h9-13,16,22H,5-8H2,1-4H3/t16-/m1/s1. The zero-order valence-corrected chi connectivity index (χ0v) is 16.7. The van der Waals surface area contributed by atoms with Crippen LogP contribution in [0.15, 0.2) is 35.2 Å². The van der Waals surface area contributed by atoms with E-state index in [0.29, 0.717) is 21.8 Å². The highest BCUT2D eigenvalue weighted by molar-refractivity contribution is 7.89. The molecule has 26 heavy (non-hydrogen) atoms. The predicted molar refractivity (Wildman–Crippen MR) is 104 cm³/mol. The minimum atomic E-state index is -3.62. The first-order chi connectivity index (χ1) is 12.3. The fourth-order valence-electron chi connectivity index (χ4n) is 3.83. The lowest BCUT2D eigenvalue weighted by Crippen LogP contribution is -2.28. The van der Waals surface area contributed by atoms with Gasteiger partial charge in [-0.25, -0.2) is 13.1 Å². The van der Waals surface area contributed by atoms with Gasteiger partial charge in [0.25, 0.3) is 0 Å². The molecule has 1 aliphatic carbocycles. The average Bonchev–Trinajstić information content (AvgIpc) is 2.59. The molecule has 0 saturated carbocycles. The van der Waals surface area contributed by atoms with Crippen LogP contribution < -0.4 is 9.46 Å².